The van der Waals surface area contributed by atoms with Gasteiger partial charge in [0.2, 0.25) is 0 Å². The molecule has 82 valence electrons. The first-order chi connectivity index (χ1) is 6.30. The second kappa shape index (κ2) is 5.11. The molecule has 0 aliphatic rings. The fraction of sp³-hybridized carbons (Fsp3) is 0.625. The third-order valence-electron chi connectivity index (χ3n) is 1.85. The van der Waals surface area contributed by atoms with Gasteiger partial charge in [0.15, 0.2) is 0 Å². The summed E-state index contributed by atoms with van der Waals surface area (Å²) >= 11 is 0. The quantitative estimate of drug-likeness (QED) is 0.542. The van der Waals surface area contributed by atoms with E-state index >= 15 is 0 Å². The smallest absolute Gasteiger partial charge is 0.332 e. The van der Waals surface area contributed by atoms with Crippen LogP contribution in [0.2, 0.25) is 0 Å². The van der Waals surface area contributed by atoms with Crippen molar-refractivity contribution in [3.8, 4) is 0 Å². The van der Waals surface area contributed by atoms with Crippen LogP contribution in [0.1, 0.15) is 33.1 Å². The Kier molecular flexibility index (Phi) is 4.79. The lowest BCUT2D eigenvalue weighted by molar-refractivity contribution is -0.132. The molecule has 0 radical (unpaired) electrons. The van der Waals surface area contributed by atoms with E-state index in [-0.39, 0.29) is 12.0 Å². The van der Waals surface area contributed by atoms with Crippen LogP contribution in [0.15, 0.2) is 10.5 Å². The Morgan fingerprint density at radius 2 is 1.86 bits per heavy atom. The third-order valence-corrected chi connectivity index (χ3v) is 2.87. The molecule has 14 heavy (non-hydrogen) atoms. The van der Waals surface area contributed by atoms with Crippen LogP contribution >= 0.6 is 0 Å². The highest BCUT2D eigenvalue weighted by molar-refractivity contribution is 7.89. The van der Waals surface area contributed by atoms with Crippen LogP contribution < -0.4 is 0 Å². The van der Waals surface area contributed by atoms with Gasteiger partial charge in [0, 0.05) is 0 Å². The largest absolute Gasteiger partial charge is 0.478 e. The van der Waals surface area contributed by atoms with Crippen molar-refractivity contribution in [2.45, 2.75) is 33.1 Å². The Morgan fingerprint density at radius 3 is 2.14 bits per heavy atom. The Balaban J connectivity index is 5.07. The van der Waals surface area contributed by atoms with Crippen molar-refractivity contribution in [3.05, 3.63) is 10.5 Å². The summed E-state index contributed by atoms with van der Waals surface area (Å²) in [5.41, 5.74) is -0.241. The van der Waals surface area contributed by atoms with Crippen LogP contribution in [0.3, 0.4) is 0 Å². The summed E-state index contributed by atoms with van der Waals surface area (Å²) in [7, 11) is -4.38. The molecule has 0 unspecified atom stereocenters. The second-order valence-corrected chi connectivity index (χ2v) is 4.48. The normalized spacial score (nSPS) is 13.6. The maximum atomic E-state index is 10.7. The monoisotopic (exact) mass is 222 g/mol. The van der Waals surface area contributed by atoms with E-state index in [0.717, 1.165) is 13.3 Å². The zero-order valence-corrected chi connectivity index (χ0v) is 8.97. The highest BCUT2D eigenvalue weighted by Gasteiger charge is 2.19. The summed E-state index contributed by atoms with van der Waals surface area (Å²) in [5.74, 6) is -1.30. The van der Waals surface area contributed by atoms with E-state index in [9.17, 15) is 13.2 Å². The number of aliphatic carboxylic acids is 1. The zero-order chi connectivity index (χ0) is 11.4. The molecule has 0 aliphatic heterocycles. The number of carboxylic acid groups (broad SMARTS) is 1. The number of hydrogen-bond acceptors (Lipinski definition) is 3. The maximum Gasteiger partial charge on any atom is 0.332 e. The predicted octanol–water partition coefficient (Wildman–Crippen LogP) is 1.42. The summed E-state index contributed by atoms with van der Waals surface area (Å²) in [5, 5.41) is 8.70. The van der Waals surface area contributed by atoms with E-state index < -0.39 is 21.0 Å². The molecule has 2 N–H and O–H groups in total. The predicted molar refractivity (Wildman–Crippen MR) is 51.4 cm³/mol. The fourth-order valence-corrected chi connectivity index (χ4v) is 1.44. The lowest BCUT2D eigenvalue weighted by Crippen LogP contribution is -2.09. The van der Waals surface area contributed by atoms with Crippen LogP contribution in [0.4, 0.5) is 0 Å². The molecule has 0 saturated carbocycles. The first-order valence-electron chi connectivity index (χ1n) is 4.21. The number of unbranched alkanes of at least 4 members (excludes halogenated alkanes) is 1. The van der Waals surface area contributed by atoms with Gasteiger partial charge in [0.25, 0.3) is 10.1 Å². The second-order valence-electron chi connectivity index (χ2n) is 2.92. The Hall–Kier alpha value is -0.880. The highest BCUT2D eigenvalue weighted by atomic mass is 32.2. The van der Waals surface area contributed by atoms with Gasteiger partial charge >= 0.3 is 5.97 Å². The molecule has 0 atom stereocenters. The van der Waals surface area contributed by atoms with Gasteiger partial charge < -0.3 is 5.11 Å². The van der Waals surface area contributed by atoms with Crippen molar-refractivity contribution in [1.29, 1.82) is 0 Å². The van der Waals surface area contributed by atoms with E-state index in [4.69, 9.17) is 9.66 Å². The Labute approximate surface area is 83.2 Å². The number of carboxylic acids is 1. The summed E-state index contributed by atoms with van der Waals surface area (Å²) in [6.07, 6.45) is 1.49. The molecule has 0 heterocycles. The summed E-state index contributed by atoms with van der Waals surface area (Å²) in [4.78, 5) is 10.2. The highest BCUT2D eigenvalue weighted by Crippen LogP contribution is 2.16. The molecule has 0 bridgehead atoms. The van der Waals surface area contributed by atoms with Crippen molar-refractivity contribution in [3.63, 3.8) is 0 Å². The summed E-state index contributed by atoms with van der Waals surface area (Å²) in [6.45, 7) is 2.96. The van der Waals surface area contributed by atoms with Crippen molar-refractivity contribution in [1.82, 2.24) is 0 Å². The van der Waals surface area contributed by atoms with E-state index in [1.165, 1.54) is 0 Å². The van der Waals surface area contributed by atoms with Gasteiger partial charge in [-0.15, -0.1) is 0 Å². The van der Waals surface area contributed by atoms with Crippen LogP contribution in [0.5, 0.6) is 0 Å². The maximum absolute atomic E-state index is 10.7. The molecule has 0 aromatic heterocycles. The van der Waals surface area contributed by atoms with E-state index in [2.05, 4.69) is 0 Å². The fourth-order valence-electron chi connectivity index (χ4n) is 0.943. The Morgan fingerprint density at radius 1 is 1.36 bits per heavy atom. The number of carbonyl (C=O) groups is 1. The van der Waals surface area contributed by atoms with Crippen LogP contribution in [-0.4, -0.2) is 24.0 Å². The summed E-state index contributed by atoms with van der Waals surface area (Å²) < 4.78 is 30.0. The van der Waals surface area contributed by atoms with Crippen molar-refractivity contribution in [2.75, 3.05) is 0 Å². The Bertz CT molecular complexity index is 339. The molecular formula is C8H14O5S. The van der Waals surface area contributed by atoms with Crippen molar-refractivity contribution < 1.29 is 22.9 Å². The molecule has 5 nitrogen and oxygen atoms in total. The minimum absolute atomic E-state index is 0.150. The summed E-state index contributed by atoms with van der Waals surface area (Å²) in [6, 6.07) is 0. The van der Waals surface area contributed by atoms with E-state index in [1.54, 1.807) is 0 Å². The van der Waals surface area contributed by atoms with Gasteiger partial charge in [-0.1, -0.05) is 13.3 Å². The van der Waals surface area contributed by atoms with Gasteiger partial charge in [-0.25, -0.2) is 4.79 Å². The van der Waals surface area contributed by atoms with Gasteiger partial charge in [-0.3, -0.25) is 4.55 Å². The van der Waals surface area contributed by atoms with Crippen LogP contribution in [-0.2, 0) is 14.9 Å². The molecule has 6 heteroatoms. The minimum Gasteiger partial charge on any atom is -0.478 e. The van der Waals surface area contributed by atoms with Gasteiger partial charge in [0.05, 0.1) is 10.5 Å². The molecule has 0 saturated heterocycles. The zero-order valence-electron chi connectivity index (χ0n) is 8.15. The first-order valence-corrected chi connectivity index (χ1v) is 5.65. The average molecular weight is 222 g/mol. The number of rotatable bonds is 5. The van der Waals surface area contributed by atoms with E-state index in [0.29, 0.717) is 6.42 Å². The van der Waals surface area contributed by atoms with Crippen molar-refractivity contribution in [2.24, 2.45) is 0 Å². The van der Waals surface area contributed by atoms with Gasteiger partial charge in [0.1, 0.15) is 0 Å². The molecule has 0 aromatic rings. The van der Waals surface area contributed by atoms with Gasteiger partial charge in [-0.2, -0.15) is 8.42 Å². The lowest BCUT2D eigenvalue weighted by Gasteiger charge is -2.04. The lowest BCUT2D eigenvalue weighted by atomic mass is 10.1. The SMILES string of the molecule is CCCCC(C(=O)O)=C(C)S(=O)(=O)O. The molecule has 0 aromatic carbocycles. The molecule has 0 rings (SSSR count). The van der Waals surface area contributed by atoms with Crippen molar-refractivity contribution >= 4 is 16.1 Å². The number of hydrogen-bond donors (Lipinski definition) is 2. The minimum atomic E-state index is -4.38. The molecule has 0 amide bonds. The van der Waals surface area contributed by atoms with Gasteiger partial charge in [-0.05, 0) is 19.8 Å². The standard InChI is InChI=1S/C8H14O5S/c1-3-4-5-7(8(9)10)6(2)14(11,12)13/h3-5H2,1-2H3,(H,9,10)(H,11,12,13). The number of allylic oxidation sites excluding steroid dienone is 1. The molecule has 0 aliphatic carbocycles. The van der Waals surface area contributed by atoms with E-state index in [1.807, 2.05) is 6.92 Å². The first kappa shape index (κ1) is 13.1. The van der Waals surface area contributed by atoms with Crippen LogP contribution in [0, 0.1) is 0 Å². The molecule has 0 fully saturated rings. The average Bonchev–Trinajstić information content (AvgIpc) is 2.02. The third kappa shape index (κ3) is 3.89. The topological polar surface area (TPSA) is 91.7 Å². The molecular weight excluding hydrogens is 208 g/mol. The molecule has 0 spiro atoms. The van der Waals surface area contributed by atoms with Crippen LogP contribution in [0.25, 0.3) is 0 Å².